The minimum absolute atomic E-state index is 0. The maximum atomic E-state index is 2.76. The van der Waals surface area contributed by atoms with E-state index in [2.05, 4.69) is 152 Å². The van der Waals surface area contributed by atoms with E-state index in [-0.39, 0.29) is 41.1 Å². The average molecular weight is 741 g/mol. The molecule has 0 aromatic heterocycles. The van der Waals surface area contributed by atoms with E-state index in [0.29, 0.717) is 9.54 Å². The molecule has 0 N–H and O–H groups in total. The summed E-state index contributed by atoms with van der Waals surface area (Å²) in [4.78, 5) is 0. The molecule has 4 aliphatic rings. The average Bonchev–Trinajstić information content (AvgIpc) is 3.55. The van der Waals surface area contributed by atoms with Crippen molar-refractivity contribution in [3.05, 3.63) is 127 Å². The van der Waals surface area contributed by atoms with Crippen LogP contribution in [0, 0.1) is 11.3 Å². The fourth-order valence-electron chi connectivity index (χ4n) is 8.46. The fraction of sp³-hybridized carbons (Fsp3) is 0.386. The van der Waals surface area contributed by atoms with Gasteiger partial charge < -0.3 is 24.8 Å². The van der Waals surface area contributed by atoms with Crippen molar-refractivity contribution in [1.29, 1.82) is 0 Å². The molecule has 0 nitrogen and oxygen atoms in total. The number of hydrogen-bond donors (Lipinski definition) is 0. The summed E-state index contributed by atoms with van der Waals surface area (Å²) in [7, 11) is 0. The van der Waals surface area contributed by atoms with Gasteiger partial charge >= 0.3 is 282 Å². The maximum absolute atomic E-state index is 2.76. The van der Waals surface area contributed by atoms with Crippen molar-refractivity contribution in [3.63, 3.8) is 0 Å². The molecule has 2 unspecified atom stereocenters. The van der Waals surface area contributed by atoms with Crippen LogP contribution >= 0.6 is 0 Å². The van der Waals surface area contributed by atoms with E-state index in [1.165, 1.54) is 61.2 Å². The summed E-state index contributed by atoms with van der Waals surface area (Å²) in [6.07, 6.45) is 12.5. The molecule has 0 aliphatic heterocycles. The normalized spacial score (nSPS) is 21.5. The molecule has 3 aromatic carbocycles. The van der Waals surface area contributed by atoms with E-state index in [4.69, 9.17) is 0 Å². The summed E-state index contributed by atoms with van der Waals surface area (Å²) in [5.41, 5.74) is 18.2. The number of fused-ring (bicyclic) bond motifs is 5. The molecule has 4 aliphatic carbocycles. The van der Waals surface area contributed by atoms with E-state index in [0.717, 1.165) is 12.8 Å². The van der Waals surface area contributed by atoms with Gasteiger partial charge in [-0.1, -0.05) is 0 Å². The van der Waals surface area contributed by atoms with Gasteiger partial charge in [-0.2, -0.15) is 0 Å². The minimum atomic E-state index is -2.40. The van der Waals surface area contributed by atoms with Crippen LogP contribution in [-0.4, -0.2) is 3.71 Å². The molecule has 0 saturated heterocycles. The monoisotopic (exact) mass is 738 g/mol. The van der Waals surface area contributed by atoms with Crippen molar-refractivity contribution in [3.8, 4) is 11.1 Å². The van der Waals surface area contributed by atoms with Gasteiger partial charge in [-0.3, -0.25) is 0 Å². The van der Waals surface area contributed by atoms with Crippen LogP contribution in [-0.2, 0) is 38.5 Å². The quantitative estimate of drug-likeness (QED) is 0.249. The van der Waals surface area contributed by atoms with Gasteiger partial charge in [-0.15, -0.1) is 0 Å². The first-order chi connectivity index (χ1) is 21.1. The Bertz CT molecular complexity index is 1900. The molecule has 0 heterocycles. The van der Waals surface area contributed by atoms with Crippen LogP contribution in [0.5, 0.6) is 0 Å². The molecule has 0 fully saturated rings. The van der Waals surface area contributed by atoms with Gasteiger partial charge in [-0.25, -0.2) is 0 Å². The first kappa shape index (κ1) is 36.2. The third kappa shape index (κ3) is 6.17. The van der Waals surface area contributed by atoms with E-state index < -0.39 is 21.3 Å². The smallest absolute Gasteiger partial charge is 1.00 e. The molecule has 0 saturated carbocycles. The molecule has 2 atom stereocenters. The van der Waals surface area contributed by atoms with Gasteiger partial charge in [0, 0.05) is 0 Å². The summed E-state index contributed by atoms with van der Waals surface area (Å²) in [6, 6.07) is 21.5. The molecule has 0 spiro atoms. The van der Waals surface area contributed by atoms with E-state index in [1.54, 1.807) is 8.84 Å². The van der Waals surface area contributed by atoms with Crippen LogP contribution in [0.4, 0.5) is 0 Å². The third-order valence-electron chi connectivity index (χ3n) is 11.4. The number of benzene rings is 3. The van der Waals surface area contributed by atoms with Crippen LogP contribution in [0.15, 0.2) is 87.8 Å². The number of allylic oxidation sites excluding steroid dienone is 8. The third-order valence-corrected chi connectivity index (χ3v) is 20.0. The predicted molar refractivity (Wildman–Crippen MR) is 193 cm³/mol. The summed E-state index contributed by atoms with van der Waals surface area (Å²) in [5, 5.41) is 0. The van der Waals surface area contributed by atoms with Gasteiger partial charge in [-0.05, 0) is 0 Å². The zero-order chi connectivity index (χ0) is 32.1. The van der Waals surface area contributed by atoms with Crippen molar-refractivity contribution in [2.45, 2.75) is 96.5 Å². The molecule has 0 bridgehead atoms. The standard InChI is InChI=1S/C27H29.C10H15.C7H6.2ClH.Zr/c1-16-7-9-26(3,4)24-12-18-11-19-13-25-21(17(2)8-10-27(25,5)6)15-23(19)22(18)14-20(16)24;1-8-5-6-9(7-8)10(2,3)4;1-7-5-3-2-4-6-7;;;/h7-9,12-15H,10-11H2,1-6H3;6-8H,1-4H3;1-6H;2*1H;/q;;;;;+2/p-2. The van der Waals surface area contributed by atoms with Crippen molar-refractivity contribution in [2.75, 3.05) is 0 Å². The Kier molecular flexibility index (Phi) is 9.78. The van der Waals surface area contributed by atoms with E-state index >= 15 is 0 Å². The molecule has 3 aromatic rings. The van der Waals surface area contributed by atoms with Crippen molar-refractivity contribution in [1.82, 2.24) is 0 Å². The first-order valence-electron chi connectivity index (χ1n) is 17.1. The topological polar surface area (TPSA) is 0 Å². The fourth-order valence-corrected chi connectivity index (χ4v) is 17.2. The largest absolute Gasteiger partial charge is 1.00 e. The van der Waals surface area contributed by atoms with Crippen molar-refractivity contribution in [2.24, 2.45) is 11.3 Å². The minimum Gasteiger partial charge on any atom is -1.00 e. The summed E-state index contributed by atoms with van der Waals surface area (Å²) in [5.74, 6) is 0.516. The summed E-state index contributed by atoms with van der Waals surface area (Å²) >= 11 is -2.40. The Balaban J connectivity index is 0.00000217. The van der Waals surface area contributed by atoms with Gasteiger partial charge in [0.1, 0.15) is 0 Å². The van der Waals surface area contributed by atoms with E-state index in [9.17, 15) is 0 Å². The molecule has 0 amide bonds. The maximum Gasteiger partial charge on any atom is -1.00 e. The predicted octanol–water partition coefficient (Wildman–Crippen LogP) is 5.81. The zero-order valence-electron chi connectivity index (χ0n) is 29.9. The second-order valence-corrected chi connectivity index (χ2v) is 22.5. The van der Waals surface area contributed by atoms with Crippen LogP contribution < -0.4 is 24.8 Å². The first-order valence-corrected chi connectivity index (χ1v) is 21.1. The molecular formula is C44H50Cl2Zr. The molecule has 244 valence electrons. The zero-order valence-corrected chi connectivity index (χ0v) is 33.9. The summed E-state index contributed by atoms with van der Waals surface area (Å²) in [6.45, 7) is 24.2. The Morgan fingerprint density at radius 2 is 1.36 bits per heavy atom. The van der Waals surface area contributed by atoms with Crippen LogP contribution in [0.2, 0.25) is 3.63 Å². The molecular weight excluding hydrogens is 691 g/mol. The Morgan fingerprint density at radius 1 is 0.766 bits per heavy atom. The number of hydrogen-bond acceptors (Lipinski definition) is 0. The second kappa shape index (κ2) is 12.7. The van der Waals surface area contributed by atoms with Crippen LogP contribution in [0.25, 0.3) is 22.3 Å². The van der Waals surface area contributed by atoms with Gasteiger partial charge in [0.2, 0.25) is 0 Å². The molecule has 7 rings (SSSR count). The number of rotatable bonds is 3. The molecule has 0 radical (unpaired) electrons. The van der Waals surface area contributed by atoms with E-state index in [1.807, 2.05) is 0 Å². The van der Waals surface area contributed by atoms with Gasteiger partial charge in [0.25, 0.3) is 0 Å². The van der Waals surface area contributed by atoms with Gasteiger partial charge in [0.15, 0.2) is 0 Å². The molecule has 3 heteroatoms. The Labute approximate surface area is 304 Å². The van der Waals surface area contributed by atoms with Crippen LogP contribution in [0.3, 0.4) is 0 Å². The Hall–Kier alpha value is -2.05. The second-order valence-electron chi connectivity index (χ2n) is 16.6. The molecule has 47 heavy (non-hydrogen) atoms. The van der Waals surface area contributed by atoms with Crippen molar-refractivity contribution < 1.29 is 46.1 Å². The van der Waals surface area contributed by atoms with Gasteiger partial charge in [0.05, 0.1) is 0 Å². The Morgan fingerprint density at radius 3 is 1.96 bits per heavy atom. The summed E-state index contributed by atoms with van der Waals surface area (Å²) < 4.78 is 5.06. The number of halogens is 2. The SMILES string of the molecule is CC1=CCC(C)(C)c2cc3c(cc21)-c1cc2c(cc1C3)C(C)(C)[CH]([Zr+2](=[CH]c1ccccc1)[C]1=CC(C(C)(C)C)=CC1C)C=C2C.[Cl-].[Cl-]. The van der Waals surface area contributed by atoms with Crippen LogP contribution in [0.1, 0.15) is 115 Å². The van der Waals surface area contributed by atoms with Crippen molar-refractivity contribution >= 4 is 14.9 Å².